The molecule has 1 aromatic heterocycles. The van der Waals surface area contributed by atoms with E-state index in [-0.39, 0.29) is 6.61 Å². The zero-order valence-electron chi connectivity index (χ0n) is 15.4. The second-order valence-corrected chi connectivity index (χ2v) is 8.78. The summed E-state index contributed by atoms with van der Waals surface area (Å²) in [4.78, 5) is 49.8. The number of ether oxygens (including phenoxy) is 2. The summed E-state index contributed by atoms with van der Waals surface area (Å²) in [6.45, 7) is 6.28. The van der Waals surface area contributed by atoms with Crippen LogP contribution in [0, 0.1) is 11.8 Å². The van der Waals surface area contributed by atoms with Gasteiger partial charge in [0.15, 0.2) is 5.34 Å². The Morgan fingerprint density at radius 2 is 1.89 bits per heavy atom. The van der Waals surface area contributed by atoms with Crippen LogP contribution >= 0.6 is 7.60 Å². The lowest BCUT2D eigenvalue weighted by Gasteiger charge is -2.43. The van der Waals surface area contributed by atoms with E-state index >= 15 is 0 Å². The molecule has 1 aromatic rings. The Labute approximate surface area is 155 Å². The van der Waals surface area contributed by atoms with E-state index in [4.69, 9.17) is 14.3 Å². The number of aliphatic hydroxyl groups is 1. The highest BCUT2D eigenvalue weighted by atomic mass is 31.2. The zero-order chi connectivity index (χ0) is 20.6. The van der Waals surface area contributed by atoms with Crippen molar-refractivity contribution in [2.75, 3.05) is 6.61 Å². The Bertz CT molecular complexity index is 804. The lowest BCUT2D eigenvalue weighted by atomic mass is 9.94. The number of hydrogen-bond donors (Lipinski definition) is 4. The Hall–Kier alpha value is -1.49. The van der Waals surface area contributed by atoms with Crippen LogP contribution in [0.5, 0.6) is 0 Å². The van der Waals surface area contributed by atoms with Crippen LogP contribution in [0.1, 0.15) is 27.7 Å². The van der Waals surface area contributed by atoms with Crippen molar-refractivity contribution in [3.05, 3.63) is 33.1 Å². The smallest absolute Gasteiger partial charge is 0.361 e. The summed E-state index contributed by atoms with van der Waals surface area (Å²) in [6, 6.07) is 1.05. The molecule has 1 unspecified atom stereocenters. The molecule has 0 saturated carbocycles. The molecule has 1 aliphatic rings. The number of H-pyrrole nitrogens is 1. The number of nitrogens with zero attached hydrogens (tertiary/aromatic N) is 1. The van der Waals surface area contributed by atoms with Crippen molar-refractivity contribution >= 4 is 7.60 Å². The van der Waals surface area contributed by atoms with Gasteiger partial charge in [0, 0.05) is 6.07 Å². The molecule has 11 nitrogen and oxygen atoms in total. The average molecular weight is 408 g/mol. The molecule has 2 rings (SSSR count). The average Bonchev–Trinajstić information content (AvgIpc) is 2.86. The second kappa shape index (κ2) is 7.86. The largest absolute Gasteiger partial charge is 0.384 e. The molecule has 0 radical (unpaired) electrons. The zero-order valence-corrected chi connectivity index (χ0v) is 16.3. The fourth-order valence-electron chi connectivity index (χ4n) is 3.28. The molecule has 2 heterocycles. The monoisotopic (exact) mass is 408 g/mol. The first-order valence-corrected chi connectivity index (χ1v) is 10.0. The van der Waals surface area contributed by atoms with E-state index < -0.39 is 54.5 Å². The van der Waals surface area contributed by atoms with Crippen molar-refractivity contribution in [1.29, 1.82) is 0 Å². The molecule has 0 amide bonds. The van der Waals surface area contributed by atoms with Crippen LogP contribution in [-0.4, -0.2) is 55.1 Å². The summed E-state index contributed by atoms with van der Waals surface area (Å²) < 4.78 is 23.9. The first-order chi connectivity index (χ1) is 12.4. The minimum Gasteiger partial charge on any atom is -0.384 e. The Kier molecular flexibility index (Phi) is 6.35. The molecule has 3 atom stereocenters. The van der Waals surface area contributed by atoms with E-state index in [1.165, 1.54) is 0 Å². The second-order valence-electron chi connectivity index (χ2n) is 7.00. The van der Waals surface area contributed by atoms with Gasteiger partial charge in [-0.25, -0.2) is 4.79 Å². The number of aromatic nitrogens is 2. The fourth-order valence-corrected chi connectivity index (χ4v) is 4.90. The minimum atomic E-state index is -4.72. The molecular formula is C15H25N2O9P. The van der Waals surface area contributed by atoms with Gasteiger partial charge in [0.25, 0.3) is 11.8 Å². The molecule has 27 heavy (non-hydrogen) atoms. The van der Waals surface area contributed by atoms with Gasteiger partial charge in [0.2, 0.25) is 0 Å². The van der Waals surface area contributed by atoms with Crippen LogP contribution in [0.15, 0.2) is 21.9 Å². The van der Waals surface area contributed by atoms with Gasteiger partial charge in [-0.15, -0.1) is 4.73 Å². The predicted octanol–water partition coefficient (Wildman–Crippen LogP) is -0.746. The summed E-state index contributed by atoms with van der Waals surface area (Å²) >= 11 is 0. The molecule has 0 aromatic carbocycles. The van der Waals surface area contributed by atoms with Crippen LogP contribution in [0.25, 0.3) is 0 Å². The topological polar surface area (TPSA) is 160 Å². The number of nitrogens with one attached hydrogen (secondary N) is 1. The van der Waals surface area contributed by atoms with Gasteiger partial charge >= 0.3 is 13.3 Å². The molecule has 4 N–H and O–H groups in total. The molecule has 0 aliphatic carbocycles. The normalized spacial score (nSPS) is 24.0. The van der Waals surface area contributed by atoms with Crippen molar-refractivity contribution in [2.24, 2.45) is 11.8 Å². The maximum atomic E-state index is 12.2. The molecule has 1 aliphatic heterocycles. The summed E-state index contributed by atoms with van der Waals surface area (Å²) in [7, 11) is -4.72. The van der Waals surface area contributed by atoms with Crippen molar-refractivity contribution in [1.82, 2.24) is 9.71 Å². The van der Waals surface area contributed by atoms with Gasteiger partial charge in [0.1, 0.15) is 12.2 Å². The van der Waals surface area contributed by atoms with Crippen molar-refractivity contribution < 1.29 is 33.8 Å². The maximum Gasteiger partial charge on any atom is 0.361 e. The van der Waals surface area contributed by atoms with E-state index in [0.29, 0.717) is 4.73 Å². The van der Waals surface area contributed by atoms with Crippen LogP contribution in [0.3, 0.4) is 0 Å². The van der Waals surface area contributed by atoms with Crippen LogP contribution in [0.4, 0.5) is 0 Å². The van der Waals surface area contributed by atoms with Gasteiger partial charge in [-0.2, -0.15) is 0 Å². The molecular weight excluding hydrogens is 383 g/mol. The highest BCUT2D eigenvalue weighted by Crippen LogP contribution is 2.59. The highest BCUT2D eigenvalue weighted by molar-refractivity contribution is 7.53. The minimum absolute atomic E-state index is 0.203. The Morgan fingerprint density at radius 3 is 2.37 bits per heavy atom. The van der Waals surface area contributed by atoms with Gasteiger partial charge in [-0.1, -0.05) is 27.7 Å². The molecule has 0 spiro atoms. The molecule has 154 valence electrons. The van der Waals surface area contributed by atoms with Gasteiger partial charge in [-0.05, 0) is 11.8 Å². The Morgan fingerprint density at radius 1 is 1.30 bits per heavy atom. The Balaban J connectivity index is 2.22. The lowest BCUT2D eigenvalue weighted by Crippen LogP contribution is -2.50. The van der Waals surface area contributed by atoms with Crippen molar-refractivity contribution in [3.8, 4) is 0 Å². The summed E-state index contributed by atoms with van der Waals surface area (Å²) in [5.41, 5.74) is -1.48. The van der Waals surface area contributed by atoms with E-state index in [0.717, 1.165) is 12.3 Å². The van der Waals surface area contributed by atoms with Crippen LogP contribution in [0.2, 0.25) is 0 Å². The van der Waals surface area contributed by atoms with Crippen LogP contribution in [-0.2, 0) is 14.0 Å². The standard InChI is InChI=1S/C15H25N2O9P/c1-8(2)15(9(3)4,27(21,22)23)25-10-7-24-13(12(10)19)26-17-6-5-11(18)16-14(17)20/h5-6,8-10,12-13,19H,7H2,1-4H3,(H,16,18,20)(H2,21,22,23)/t10-,12+,13?/m0/s1. The third-order valence-electron chi connectivity index (χ3n) is 4.54. The fraction of sp³-hybridized carbons (Fsp3) is 0.733. The first-order valence-electron chi connectivity index (χ1n) is 8.42. The predicted molar refractivity (Wildman–Crippen MR) is 93.0 cm³/mol. The SMILES string of the molecule is CC(C)C(O[C@H]1COC(On2ccc(=O)[nH]c2=O)[C@@H]1O)(C(C)C)P(=O)(O)O. The van der Waals surface area contributed by atoms with Gasteiger partial charge < -0.3 is 29.2 Å². The van der Waals surface area contributed by atoms with Crippen molar-refractivity contribution in [3.63, 3.8) is 0 Å². The van der Waals surface area contributed by atoms with E-state index in [1.807, 2.05) is 4.98 Å². The molecule has 1 fully saturated rings. The third-order valence-corrected chi connectivity index (χ3v) is 6.59. The number of aromatic amines is 1. The van der Waals surface area contributed by atoms with Crippen LogP contribution < -0.4 is 16.1 Å². The van der Waals surface area contributed by atoms with E-state index in [9.17, 15) is 29.0 Å². The maximum absolute atomic E-state index is 12.2. The lowest BCUT2D eigenvalue weighted by molar-refractivity contribution is -0.168. The molecule has 1 saturated heterocycles. The van der Waals surface area contributed by atoms with E-state index in [1.54, 1.807) is 27.7 Å². The number of aliphatic hydroxyl groups excluding tert-OH is 1. The van der Waals surface area contributed by atoms with Gasteiger partial charge in [-0.3, -0.25) is 14.3 Å². The number of hydrogen-bond acceptors (Lipinski definition) is 7. The van der Waals surface area contributed by atoms with Gasteiger partial charge in [0.05, 0.1) is 12.8 Å². The molecule has 12 heteroatoms. The summed E-state index contributed by atoms with van der Waals surface area (Å²) in [5.74, 6) is -1.13. The van der Waals surface area contributed by atoms with Crippen molar-refractivity contribution in [2.45, 2.75) is 51.5 Å². The third kappa shape index (κ3) is 4.18. The first kappa shape index (κ1) is 21.8. The molecule has 0 bridgehead atoms. The van der Waals surface area contributed by atoms with E-state index in [2.05, 4.69) is 0 Å². The summed E-state index contributed by atoms with van der Waals surface area (Å²) in [5, 5.41) is 8.61. The highest BCUT2D eigenvalue weighted by Gasteiger charge is 2.56. The number of rotatable bonds is 7. The quantitative estimate of drug-likeness (QED) is 0.426. The summed E-state index contributed by atoms with van der Waals surface area (Å²) in [6.07, 6.45) is -2.78.